The number of benzene rings is 5. The Morgan fingerprint density at radius 1 is 0.452 bits per heavy atom. The first-order chi connectivity index (χ1) is 59.0. The van der Waals surface area contributed by atoms with Gasteiger partial charge >= 0.3 is 49.9 Å². The minimum Gasteiger partial charge on any atom is -0.870 e. The number of aromatic amines is 5. The second kappa shape index (κ2) is 44.7. The molecule has 1 amide bonds. The number of esters is 3. The van der Waals surface area contributed by atoms with Crippen LogP contribution in [0.3, 0.4) is 0 Å². The van der Waals surface area contributed by atoms with Gasteiger partial charge in [0.25, 0.3) is 5.91 Å². The fourth-order valence-electron chi connectivity index (χ4n) is 16.1. The van der Waals surface area contributed by atoms with Crippen molar-refractivity contribution < 1.29 is 77.7 Å². The van der Waals surface area contributed by atoms with E-state index in [1.54, 1.807) is 105 Å². The number of carboxylic acid groups (broad SMARTS) is 1. The summed E-state index contributed by atoms with van der Waals surface area (Å²) >= 11 is 11.3. The van der Waals surface area contributed by atoms with Crippen LogP contribution in [0.4, 0.5) is 0 Å². The summed E-state index contributed by atoms with van der Waals surface area (Å²) < 4.78 is 20.6. The molecule has 4 fully saturated rings. The summed E-state index contributed by atoms with van der Waals surface area (Å²) in [4.78, 5) is 97.1. The number of hydrogen-bond acceptors (Lipinski definition) is 22. The Labute approximate surface area is 762 Å². The van der Waals surface area contributed by atoms with Gasteiger partial charge in [0.05, 0.1) is 63.9 Å². The van der Waals surface area contributed by atoms with Gasteiger partial charge in [0.2, 0.25) is 0 Å². The molecule has 4 aliphatic rings. The van der Waals surface area contributed by atoms with E-state index < -0.39 is 29.2 Å². The van der Waals surface area contributed by atoms with Crippen LogP contribution in [-0.2, 0) is 14.2 Å². The molecule has 2 spiro atoms. The molecule has 15 aromatic rings. The van der Waals surface area contributed by atoms with E-state index in [9.17, 15) is 24.0 Å². The molecule has 0 atom stereocenters. The predicted octanol–water partition coefficient (Wildman–Crippen LogP) is 19.6. The minimum atomic E-state index is -1.17. The van der Waals surface area contributed by atoms with Gasteiger partial charge in [-0.1, -0.05) is 239 Å². The Hall–Kier alpha value is -9.28. The summed E-state index contributed by atoms with van der Waals surface area (Å²) in [7, 11) is -2.83. The average Bonchev–Trinajstić information content (AvgIpc) is 1.62. The number of amides is 1. The van der Waals surface area contributed by atoms with E-state index in [2.05, 4.69) is 78.2 Å². The summed E-state index contributed by atoms with van der Waals surface area (Å²) in [6.07, 6.45) is 14.0. The smallest absolute Gasteiger partial charge is 0.870 e. The maximum absolute atomic E-state index is 13.0. The number of aryl methyl sites for hydroxylation is 3. The number of carboxylic acids is 1. The maximum Gasteiger partial charge on any atom is 1.00 e. The van der Waals surface area contributed by atoms with Crippen molar-refractivity contribution in [2.24, 2.45) is 5.73 Å². The topological polar surface area (TPSA) is 385 Å². The number of carbonyl (C=O) groups excluding carboxylic acids is 4. The third-order valence-corrected chi connectivity index (χ3v) is 40.5. The van der Waals surface area contributed by atoms with Gasteiger partial charge in [-0.2, -0.15) is 0 Å². The molecule has 4 aliphatic heterocycles. The second-order valence-electron chi connectivity index (χ2n) is 31.0. The van der Waals surface area contributed by atoms with Gasteiger partial charge in [-0.3, -0.25) is 4.79 Å². The normalized spacial score (nSPS) is 15.0. The molecule has 19 rings (SSSR count). The summed E-state index contributed by atoms with van der Waals surface area (Å²) in [5.74, 6) is -1.93. The average molecular weight is 1860 g/mol. The number of aromatic carboxylic acids is 1. The molecule has 0 radical (unpaired) electrons. The number of hydrogen-bond donors (Lipinski definition) is 10. The van der Waals surface area contributed by atoms with Crippen LogP contribution in [0.15, 0.2) is 162 Å². The standard InChI is InChI=1S/C23H29N3OSSi.C15H14N2O2S.C14H11BrN2O2S.C14H12N2O2S.C13H10N2O2S.C10H21NSi.CH5BO2.Li.H2O/c1-16-19(25-21-20(16)28-23(26-21)17-8-4-2-5-9-17)22(27)24-18-10-14-29(15-11-18)12-6-3-7-13-29;1-3-19-15(18)11-9(2)12-13(16-11)17-14(20-12)10-7-5-4-6-8-10;1-2-19-14(18)10-9(15)11-12(16-10)17-13(20-11)8-6-4-3-5-7-8;1-2-18-14(17)10-8-11-12(15-10)16-13(19-11)9-6-4-3-5-7-9;1-7-9(13(16)17)14-11-10(7)18-12(15-11)8-5-3-2-4-6-8;11-10-4-8-12(9-5-10)6-2-1-3-7-12;1-2(3)4;;/h2,4-5,8-9,18,25H,3,6-7,10-15H2,1H3,(H,24,27);4-8,16H,3H2,1-2H3;3-7,16H,2H2,1H3;3-8,15H,2H2,1H3;2-6,14H,1H3,(H,16,17);10H,1-9,11H2;3-4H,1H3;;1H2/q;;;;;;;+1;/p-1. The van der Waals surface area contributed by atoms with Crippen molar-refractivity contribution in [3.05, 3.63) is 207 Å². The molecule has 12 N–H and O–H groups in total. The summed E-state index contributed by atoms with van der Waals surface area (Å²) in [6.45, 7) is 13.5. The van der Waals surface area contributed by atoms with E-state index in [1.165, 1.54) is 105 Å². The summed E-state index contributed by atoms with van der Waals surface area (Å²) in [5.41, 5.74) is 19.9. The largest absolute Gasteiger partial charge is 1.00 e. The monoisotopic (exact) mass is 1860 g/mol. The van der Waals surface area contributed by atoms with Crippen molar-refractivity contribution in [3.8, 4) is 52.9 Å². The van der Waals surface area contributed by atoms with Crippen LogP contribution >= 0.6 is 72.6 Å². The van der Waals surface area contributed by atoms with Crippen LogP contribution in [0.1, 0.15) is 154 Å². The van der Waals surface area contributed by atoms with E-state index in [-0.39, 0.29) is 53.8 Å². The van der Waals surface area contributed by atoms with E-state index >= 15 is 0 Å². The fraction of sp³-hybridized carbons (Fsp3) is 0.333. The van der Waals surface area contributed by atoms with Crippen LogP contribution in [0.25, 0.3) is 105 Å². The van der Waals surface area contributed by atoms with E-state index in [0.29, 0.717) is 70.4 Å². The number of carbonyl (C=O) groups is 5. The van der Waals surface area contributed by atoms with Crippen molar-refractivity contribution in [2.75, 3.05) is 19.8 Å². The number of thiazole rings is 5. The first-order valence-electron chi connectivity index (χ1n) is 41.6. The molecule has 0 bridgehead atoms. The molecular weight excluding hydrogens is 1760 g/mol. The van der Waals surface area contributed by atoms with E-state index in [0.717, 1.165) is 110 Å². The zero-order valence-electron chi connectivity index (χ0n) is 70.9. The SMILES string of the molecule is CB(O)O.CCOC(=O)c1[nH]c2nc(-c3ccccc3)sc2c1Br.CCOC(=O)c1[nH]c2nc(-c3ccccc3)sc2c1C.CCOC(=O)c1cc2sc(-c3ccccc3)nc2[nH]1.Cc1c(C(=O)NC2CC[Si]3(CCCCC3)CC2)[nH]c2nc(-c3ccccc3)sc12.Cc1c(C(=O)O)[nH]c2nc(-c3ccccc3)sc12.NC1CC[Si]2(CCCCC2)CC1.[Li+].[OH-]. The van der Waals surface area contributed by atoms with Crippen molar-refractivity contribution in [3.63, 3.8) is 0 Å². The summed E-state index contributed by atoms with van der Waals surface area (Å²) in [5, 5.41) is 32.3. The fourth-order valence-corrected chi connectivity index (χ4v) is 32.7. The Balaban J connectivity index is 0.000000145. The molecule has 10 aromatic heterocycles. The van der Waals surface area contributed by atoms with Crippen molar-refractivity contribution in [2.45, 2.75) is 173 Å². The number of aromatic nitrogens is 10. The first-order valence-corrected chi connectivity index (χ1v) is 52.2. The van der Waals surface area contributed by atoms with Gasteiger partial charge in [0.1, 0.15) is 76.1 Å². The van der Waals surface area contributed by atoms with Crippen LogP contribution in [0.5, 0.6) is 0 Å². The number of ether oxygens (including phenoxy) is 3. The van der Waals surface area contributed by atoms with E-state index in [1.807, 2.05) is 153 Å². The molecule has 0 unspecified atom stereocenters. The zero-order chi connectivity index (χ0) is 86.0. The first kappa shape index (κ1) is 95.4. The number of halogens is 1. The van der Waals surface area contributed by atoms with Gasteiger partial charge in [0, 0.05) is 51.0 Å². The molecule has 5 aromatic carbocycles. The van der Waals surface area contributed by atoms with E-state index in [4.69, 9.17) is 40.1 Å². The quantitative estimate of drug-likeness (QED) is 0.0275. The van der Waals surface area contributed by atoms with Crippen LogP contribution in [-0.4, -0.2) is 155 Å². The van der Waals surface area contributed by atoms with Crippen molar-refractivity contribution >= 4 is 177 Å². The Morgan fingerprint density at radius 3 is 1.14 bits per heavy atom. The molecule has 124 heavy (non-hydrogen) atoms. The Kier molecular flexibility index (Phi) is 34.4. The van der Waals surface area contributed by atoms with Gasteiger partial charge in [0.15, 0.2) is 5.65 Å². The Morgan fingerprint density at radius 2 is 0.766 bits per heavy atom. The second-order valence-corrected chi connectivity index (χ2v) is 46.8. The number of fused-ring (bicyclic) bond motifs is 5. The molecule has 4 saturated heterocycles. The van der Waals surface area contributed by atoms with Crippen LogP contribution in [0.2, 0.25) is 55.2 Å². The number of H-pyrrole nitrogens is 5. The molecular formula is C90H103BBrLiN12O12S5Si2. The minimum absolute atomic E-state index is 0. The molecule has 644 valence electrons. The third-order valence-electron chi connectivity index (χ3n) is 22.5. The third kappa shape index (κ3) is 23.7. The van der Waals surface area contributed by atoms with Crippen molar-refractivity contribution in [1.82, 2.24) is 55.2 Å². The molecule has 14 heterocycles. The number of nitrogens with zero attached hydrogens (tertiary/aromatic N) is 5. The molecule has 0 aliphatic carbocycles. The Bertz CT molecular complexity index is 5840. The number of rotatable bonds is 14. The summed E-state index contributed by atoms with van der Waals surface area (Å²) in [6, 6.07) is 65.0. The molecule has 34 heteroatoms. The zero-order valence-corrected chi connectivity index (χ0v) is 78.5. The van der Waals surface area contributed by atoms with Gasteiger partial charge in [-0.15, -0.1) is 56.7 Å². The van der Waals surface area contributed by atoms with Gasteiger partial charge < -0.3 is 70.8 Å². The maximum atomic E-state index is 13.0. The van der Waals surface area contributed by atoms with Gasteiger partial charge in [-0.25, -0.2) is 44.1 Å². The van der Waals surface area contributed by atoms with Crippen LogP contribution in [0, 0.1) is 20.8 Å². The number of nitrogens with two attached hydrogens (primary N) is 1. The molecule has 24 nitrogen and oxygen atoms in total. The van der Waals surface area contributed by atoms with Gasteiger partial charge in [-0.05, 0) is 102 Å². The molecule has 0 saturated carbocycles. The number of nitrogens with one attached hydrogen (secondary N) is 6. The predicted molar refractivity (Wildman–Crippen MR) is 507 cm³/mol. The van der Waals surface area contributed by atoms with Crippen molar-refractivity contribution in [1.29, 1.82) is 0 Å². The van der Waals surface area contributed by atoms with Crippen LogP contribution < -0.4 is 29.9 Å².